The van der Waals surface area contributed by atoms with Gasteiger partial charge in [-0.05, 0) is 37.6 Å². The first-order chi connectivity index (χ1) is 9.34. The molecular weight excluding hydrogens is 278 g/mol. The van der Waals surface area contributed by atoms with E-state index in [-0.39, 0.29) is 23.4 Å². The summed E-state index contributed by atoms with van der Waals surface area (Å²) in [6.07, 6.45) is 0.970. The minimum absolute atomic E-state index is 0.0596. The molecule has 0 bridgehead atoms. The van der Waals surface area contributed by atoms with Crippen LogP contribution >= 0.6 is 0 Å². The number of carbonyl (C=O) groups is 1. The first-order valence-corrected chi connectivity index (χ1v) is 8.02. The second-order valence-electron chi connectivity index (χ2n) is 4.58. The quantitative estimate of drug-likeness (QED) is 0.638. The van der Waals surface area contributed by atoms with E-state index < -0.39 is 10.0 Å². The van der Waals surface area contributed by atoms with Gasteiger partial charge >= 0.3 is 0 Å². The fourth-order valence-electron chi connectivity index (χ4n) is 1.70. The molecule has 0 aliphatic rings. The minimum Gasteiger partial charge on any atom is -0.348 e. The van der Waals surface area contributed by atoms with Crippen molar-refractivity contribution in [2.45, 2.75) is 31.2 Å². The molecule has 0 radical (unpaired) electrons. The molecule has 0 saturated heterocycles. The highest BCUT2D eigenvalue weighted by atomic mass is 32.2. The zero-order valence-electron chi connectivity index (χ0n) is 11.7. The normalized spacial score (nSPS) is 12.9. The summed E-state index contributed by atoms with van der Waals surface area (Å²) < 4.78 is 22.3. The molecule has 0 saturated carbocycles. The number of hydrogen-bond donors (Lipinski definition) is 3. The van der Waals surface area contributed by atoms with Crippen molar-refractivity contribution in [3.05, 3.63) is 29.8 Å². The van der Waals surface area contributed by atoms with E-state index >= 15 is 0 Å². The van der Waals surface area contributed by atoms with E-state index in [1.54, 1.807) is 12.1 Å². The van der Waals surface area contributed by atoms with E-state index in [0.29, 0.717) is 0 Å². The Morgan fingerprint density at radius 2 is 1.90 bits per heavy atom. The zero-order chi connectivity index (χ0) is 15.2. The van der Waals surface area contributed by atoms with Crippen molar-refractivity contribution in [1.82, 2.24) is 10.6 Å². The van der Waals surface area contributed by atoms with Gasteiger partial charge in [-0.25, -0.2) is 13.6 Å². The van der Waals surface area contributed by atoms with Crippen molar-refractivity contribution in [1.29, 1.82) is 0 Å². The molecule has 112 valence electrons. The largest absolute Gasteiger partial charge is 0.348 e. The van der Waals surface area contributed by atoms with Crippen molar-refractivity contribution >= 4 is 15.9 Å². The highest BCUT2D eigenvalue weighted by Crippen LogP contribution is 2.15. The maximum atomic E-state index is 11.6. The molecule has 1 unspecified atom stereocenters. The van der Waals surface area contributed by atoms with Crippen LogP contribution in [0.15, 0.2) is 29.2 Å². The summed E-state index contributed by atoms with van der Waals surface area (Å²) in [6.45, 7) is 4.93. The molecule has 0 fully saturated rings. The van der Waals surface area contributed by atoms with Crippen LogP contribution < -0.4 is 15.8 Å². The molecule has 7 heteroatoms. The standard InChI is InChI=1S/C13H21N3O3S/c1-3-8-15-9-13(17)16-10(2)11-4-6-12(7-5-11)20(14,18)19/h4-7,10,15H,3,8-9H2,1-2H3,(H,16,17)(H2,14,18,19). The summed E-state index contributed by atoms with van der Waals surface area (Å²) >= 11 is 0. The molecule has 0 spiro atoms. The van der Waals surface area contributed by atoms with Gasteiger partial charge in [0.15, 0.2) is 0 Å². The second-order valence-corrected chi connectivity index (χ2v) is 6.14. The van der Waals surface area contributed by atoms with Crippen LogP contribution in [0.25, 0.3) is 0 Å². The van der Waals surface area contributed by atoms with Crippen LogP contribution in [0.1, 0.15) is 31.9 Å². The molecular formula is C13H21N3O3S. The Hall–Kier alpha value is -1.44. The third kappa shape index (κ3) is 5.28. The van der Waals surface area contributed by atoms with Gasteiger partial charge < -0.3 is 10.6 Å². The molecule has 1 atom stereocenters. The van der Waals surface area contributed by atoms with Crippen molar-refractivity contribution in [3.8, 4) is 0 Å². The van der Waals surface area contributed by atoms with Gasteiger partial charge in [0, 0.05) is 0 Å². The van der Waals surface area contributed by atoms with Crippen LogP contribution in [0.3, 0.4) is 0 Å². The zero-order valence-corrected chi connectivity index (χ0v) is 12.5. The summed E-state index contributed by atoms with van der Waals surface area (Å²) in [5.74, 6) is -0.0959. The molecule has 1 aromatic rings. The maximum Gasteiger partial charge on any atom is 0.238 e. The molecule has 20 heavy (non-hydrogen) atoms. The van der Waals surface area contributed by atoms with E-state index in [2.05, 4.69) is 10.6 Å². The molecule has 6 nitrogen and oxygen atoms in total. The van der Waals surface area contributed by atoms with Crippen LogP contribution in [0.4, 0.5) is 0 Å². The lowest BCUT2D eigenvalue weighted by Crippen LogP contribution is -2.35. The van der Waals surface area contributed by atoms with E-state index in [1.165, 1.54) is 12.1 Å². The van der Waals surface area contributed by atoms with E-state index in [4.69, 9.17) is 5.14 Å². The number of nitrogens with two attached hydrogens (primary N) is 1. The van der Waals surface area contributed by atoms with Crippen LogP contribution in [-0.2, 0) is 14.8 Å². The first kappa shape index (κ1) is 16.6. The van der Waals surface area contributed by atoms with Crippen molar-refractivity contribution in [3.63, 3.8) is 0 Å². The lowest BCUT2D eigenvalue weighted by Gasteiger charge is -2.15. The van der Waals surface area contributed by atoms with Gasteiger partial charge in [-0.1, -0.05) is 19.1 Å². The number of sulfonamides is 1. The summed E-state index contributed by atoms with van der Waals surface area (Å²) in [4.78, 5) is 11.7. The van der Waals surface area contributed by atoms with Gasteiger partial charge in [0.05, 0.1) is 17.5 Å². The Balaban J connectivity index is 2.60. The number of hydrogen-bond acceptors (Lipinski definition) is 4. The number of nitrogens with one attached hydrogen (secondary N) is 2. The van der Waals surface area contributed by atoms with E-state index in [1.807, 2.05) is 13.8 Å². The smallest absolute Gasteiger partial charge is 0.238 e. The Labute approximate surface area is 119 Å². The Morgan fingerprint density at radius 3 is 2.40 bits per heavy atom. The summed E-state index contributed by atoms with van der Waals surface area (Å²) in [5, 5.41) is 10.9. The molecule has 0 heterocycles. The summed E-state index contributed by atoms with van der Waals surface area (Å²) in [6, 6.07) is 5.96. The number of carbonyl (C=O) groups excluding carboxylic acids is 1. The number of benzene rings is 1. The lowest BCUT2D eigenvalue weighted by molar-refractivity contribution is -0.120. The topological polar surface area (TPSA) is 101 Å². The molecule has 4 N–H and O–H groups in total. The predicted molar refractivity (Wildman–Crippen MR) is 77.5 cm³/mol. The summed E-state index contributed by atoms with van der Waals surface area (Å²) in [7, 11) is -3.68. The fraction of sp³-hybridized carbons (Fsp3) is 0.462. The Kier molecular flexibility index (Phi) is 6.12. The number of primary sulfonamides is 1. The van der Waals surface area contributed by atoms with Crippen LogP contribution in [0, 0.1) is 0 Å². The van der Waals surface area contributed by atoms with Gasteiger partial charge in [0.25, 0.3) is 0 Å². The lowest BCUT2D eigenvalue weighted by atomic mass is 10.1. The Morgan fingerprint density at radius 1 is 1.30 bits per heavy atom. The maximum absolute atomic E-state index is 11.6. The van der Waals surface area contributed by atoms with Crippen LogP contribution in [0.2, 0.25) is 0 Å². The fourth-order valence-corrected chi connectivity index (χ4v) is 2.22. The average molecular weight is 299 g/mol. The van der Waals surface area contributed by atoms with Gasteiger partial charge in [0.1, 0.15) is 0 Å². The average Bonchev–Trinajstić information content (AvgIpc) is 2.38. The molecule has 1 rings (SSSR count). The van der Waals surface area contributed by atoms with E-state index in [0.717, 1.165) is 18.5 Å². The first-order valence-electron chi connectivity index (χ1n) is 6.47. The SMILES string of the molecule is CCCNCC(=O)NC(C)c1ccc(S(N)(=O)=O)cc1. The van der Waals surface area contributed by atoms with Gasteiger partial charge in [-0.2, -0.15) is 0 Å². The van der Waals surface area contributed by atoms with Crippen molar-refractivity contribution in [2.75, 3.05) is 13.1 Å². The van der Waals surface area contributed by atoms with E-state index in [9.17, 15) is 13.2 Å². The second kappa shape index (κ2) is 7.37. The van der Waals surface area contributed by atoms with Crippen molar-refractivity contribution in [2.24, 2.45) is 5.14 Å². The monoisotopic (exact) mass is 299 g/mol. The van der Waals surface area contributed by atoms with Crippen molar-refractivity contribution < 1.29 is 13.2 Å². The third-order valence-electron chi connectivity index (χ3n) is 2.80. The Bertz CT molecular complexity index is 540. The molecule has 0 aromatic heterocycles. The van der Waals surface area contributed by atoms with Gasteiger partial charge in [-0.3, -0.25) is 4.79 Å². The van der Waals surface area contributed by atoms with Crippen LogP contribution in [0.5, 0.6) is 0 Å². The molecule has 1 aromatic carbocycles. The van der Waals surface area contributed by atoms with Gasteiger partial charge in [-0.15, -0.1) is 0 Å². The van der Waals surface area contributed by atoms with Crippen LogP contribution in [-0.4, -0.2) is 27.4 Å². The summed E-state index contributed by atoms with van der Waals surface area (Å²) in [5.41, 5.74) is 0.821. The minimum atomic E-state index is -3.68. The molecule has 0 aliphatic heterocycles. The molecule has 0 aliphatic carbocycles. The van der Waals surface area contributed by atoms with Gasteiger partial charge in [0.2, 0.25) is 15.9 Å². The third-order valence-corrected chi connectivity index (χ3v) is 3.73. The number of rotatable bonds is 7. The predicted octanol–water partition coefficient (Wildman–Crippen LogP) is 0.511. The highest BCUT2D eigenvalue weighted by molar-refractivity contribution is 7.89. The highest BCUT2D eigenvalue weighted by Gasteiger charge is 2.11. The molecule has 1 amide bonds. The number of amides is 1.